The van der Waals surface area contributed by atoms with E-state index >= 15 is 0 Å². The maximum absolute atomic E-state index is 13.7. The van der Waals surface area contributed by atoms with Crippen molar-refractivity contribution in [3.8, 4) is 5.75 Å². The molecule has 0 aliphatic carbocycles. The normalized spacial score (nSPS) is 21.8. The van der Waals surface area contributed by atoms with E-state index in [1.165, 1.54) is 0 Å². The average molecular weight is 414 g/mol. The Morgan fingerprint density at radius 2 is 2.03 bits per heavy atom. The molecule has 2 N–H and O–H groups in total. The van der Waals surface area contributed by atoms with Crippen LogP contribution in [0.25, 0.3) is 6.08 Å². The van der Waals surface area contributed by atoms with Crippen LogP contribution >= 0.6 is 7.37 Å². The fourth-order valence-electron chi connectivity index (χ4n) is 3.38. The van der Waals surface area contributed by atoms with Crippen molar-refractivity contribution in [3.63, 3.8) is 0 Å². The van der Waals surface area contributed by atoms with Gasteiger partial charge >= 0.3 is 0 Å². The van der Waals surface area contributed by atoms with Crippen molar-refractivity contribution in [2.24, 2.45) is 5.41 Å². The molecule has 2 aromatic rings. The zero-order valence-electron chi connectivity index (χ0n) is 18.0. The summed E-state index contributed by atoms with van der Waals surface area (Å²) in [6, 6.07) is 9.36. The fourth-order valence-corrected chi connectivity index (χ4v) is 6.09. The zero-order chi connectivity index (χ0) is 21.2. The van der Waals surface area contributed by atoms with Crippen molar-refractivity contribution in [1.29, 1.82) is 0 Å². The van der Waals surface area contributed by atoms with E-state index in [1.807, 2.05) is 51.1 Å². The summed E-state index contributed by atoms with van der Waals surface area (Å²) >= 11 is 0. The Labute approximate surface area is 173 Å². The first kappa shape index (κ1) is 21.6. The van der Waals surface area contributed by atoms with E-state index < -0.39 is 7.37 Å². The number of aryl methyl sites for hydroxylation is 3. The molecule has 1 atom stereocenters. The van der Waals surface area contributed by atoms with Gasteiger partial charge in [-0.25, -0.2) is 0 Å². The third kappa shape index (κ3) is 5.29. The Bertz CT molecular complexity index is 968. The highest BCUT2D eigenvalue weighted by Gasteiger charge is 2.37. The van der Waals surface area contributed by atoms with E-state index in [9.17, 15) is 9.67 Å². The van der Waals surface area contributed by atoms with Crippen molar-refractivity contribution < 1.29 is 14.2 Å². The molecule has 1 fully saturated rings. The lowest BCUT2D eigenvalue weighted by molar-refractivity contribution is 0.157. The molecular weight excluding hydrogens is 383 g/mol. The highest BCUT2D eigenvalue weighted by atomic mass is 31.2. The first-order valence-corrected chi connectivity index (χ1v) is 11.8. The molecule has 0 spiro atoms. The van der Waals surface area contributed by atoms with Crippen LogP contribution in [0.4, 0.5) is 5.69 Å². The summed E-state index contributed by atoms with van der Waals surface area (Å²) in [5.74, 6) is 0.255. The smallest absolute Gasteiger partial charge is 0.230 e. The van der Waals surface area contributed by atoms with Gasteiger partial charge in [0.25, 0.3) is 0 Å². The largest absolute Gasteiger partial charge is 0.508 e. The maximum Gasteiger partial charge on any atom is 0.230 e. The van der Waals surface area contributed by atoms with Crippen LogP contribution in [0.15, 0.2) is 35.6 Å². The fraction of sp³-hybridized carbons (Fsp3) is 0.435. The maximum atomic E-state index is 13.7. The molecule has 0 saturated carbocycles. The van der Waals surface area contributed by atoms with E-state index in [4.69, 9.17) is 4.52 Å². The summed E-state index contributed by atoms with van der Waals surface area (Å²) in [5, 5.41) is 14.0. The van der Waals surface area contributed by atoms with Crippen molar-refractivity contribution in [1.82, 2.24) is 4.98 Å². The van der Waals surface area contributed by atoms with Gasteiger partial charge in [-0.15, -0.1) is 0 Å². The van der Waals surface area contributed by atoms with Gasteiger partial charge in [0, 0.05) is 23.7 Å². The Kier molecular flexibility index (Phi) is 6.21. The van der Waals surface area contributed by atoms with Crippen LogP contribution in [-0.4, -0.2) is 29.4 Å². The predicted molar refractivity (Wildman–Crippen MR) is 120 cm³/mol. The number of benzene rings is 1. The van der Waals surface area contributed by atoms with Gasteiger partial charge in [0.1, 0.15) is 5.75 Å². The zero-order valence-corrected chi connectivity index (χ0v) is 18.8. The van der Waals surface area contributed by atoms with Crippen LogP contribution in [-0.2, 0) is 9.09 Å². The minimum absolute atomic E-state index is 0.0407. The molecule has 5 nitrogen and oxygen atoms in total. The molecule has 6 heteroatoms. The van der Waals surface area contributed by atoms with Gasteiger partial charge in [-0.05, 0) is 74.1 Å². The second-order valence-electron chi connectivity index (χ2n) is 8.71. The molecule has 1 aromatic carbocycles. The highest BCUT2D eigenvalue weighted by molar-refractivity contribution is 7.63. The Morgan fingerprint density at radius 3 is 2.66 bits per heavy atom. The number of pyridine rings is 1. The first-order valence-electron chi connectivity index (χ1n) is 10.0. The third-order valence-electron chi connectivity index (χ3n) is 5.42. The summed E-state index contributed by atoms with van der Waals surface area (Å²) in [7, 11) is -2.94. The van der Waals surface area contributed by atoms with Gasteiger partial charge in [0.15, 0.2) is 0 Å². The van der Waals surface area contributed by atoms with Gasteiger partial charge in [0.2, 0.25) is 7.37 Å². The lowest BCUT2D eigenvalue weighted by Gasteiger charge is -2.35. The molecule has 29 heavy (non-hydrogen) atoms. The topological polar surface area (TPSA) is 71.5 Å². The molecule has 1 unspecified atom stereocenters. The first-order chi connectivity index (χ1) is 13.6. The molecule has 0 amide bonds. The molecular formula is C23H31N2O3P. The minimum atomic E-state index is -2.94. The second kappa shape index (κ2) is 8.33. The van der Waals surface area contributed by atoms with Gasteiger partial charge in [-0.3, -0.25) is 9.55 Å². The van der Waals surface area contributed by atoms with E-state index in [0.717, 1.165) is 39.9 Å². The Hall–Kier alpha value is -2.10. The average Bonchev–Trinajstić information content (AvgIpc) is 2.65. The van der Waals surface area contributed by atoms with Crippen LogP contribution < -0.4 is 5.32 Å². The molecule has 156 valence electrons. The highest BCUT2D eigenvalue weighted by Crippen LogP contribution is 2.60. The molecule has 3 rings (SSSR count). The second-order valence-corrected chi connectivity index (χ2v) is 11.3. The van der Waals surface area contributed by atoms with Gasteiger partial charge < -0.3 is 14.9 Å². The van der Waals surface area contributed by atoms with Crippen molar-refractivity contribution in [2.45, 2.75) is 41.0 Å². The molecule has 0 radical (unpaired) electrons. The number of anilines is 1. The summed E-state index contributed by atoms with van der Waals surface area (Å²) in [6.45, 7) is 11.0. The standard InChI is InChI=1S/C23H31N2O3P/c1-16-12-19(7-9-22(16)26)13-20(29(27)11-10-23(4,5)15-28-29)14-24-21-8-6-17(2)25-18(21)3/h6-9,12-13,24,26H,10-11,14-15H2,1-5H3. The van der Waals surface area contributed by atoms with Crippen LogP contribution in [0, 0.1) is 26.2 Å². The van der Waals surface area contributed by atoms with Crippen LogP contribution in [0.5, 0.6) is 5.75 Å². The summed E-state index contributed by atoms with van der Waals surface area (Å²) in [4.78, 5) is 4.50. The number of aromatic nitrogens is 1. The van der Waals surface area contributed by atoms with E-state index in [-0.39, 0.29) is 11.2 Å². The van der Waals surface area contributed by atoms with E-state index in [0.29, 0.717) is 19.3 Å². The number of hydrogen-bond donors (Lipinski definition) is 2. The van der Waals surface area contributed by atoms with Gasteiger partial charge in [0.05, 0.1) is 18.0 Å². The van der Waals surface area contributed by atoms with Crippen molar-refractivity contribution >= 4 is 19.1 Å². The molecule has 1 aliphatic rings. The van der Waals surface area contributed by atoms with Crippen LogP contribution in [0.2, 0.25) is 0 Å². The van der Waals surface area contributed by atoms with Crippen molar-refractivity contribution in [3.05, 3.63) is 58.2 Å². The lowest BCUT2D eigenvalue weighted by atomic mass is 9.92. The van der Waals surface area contributed by atoms with E-state index in [2.05, 4.69) is 24.1 Å². The monoisotopic (exact) mass is 414 g/mol. The number of rotatable bonds is 5. The lowest BCUT2D eigenvalue weighted by Crippen LogP contribution is -2.26. The number of nitrogens with zero attached hydrogens (tertiary/aromatic N) is 1. The number of aromatic hydroxyl groups is 1. The SMILES string of the molecule is Cc1ccc(NCC(=Cc2ccc(O)c(C)c2)P2(=O)CCC(C)(C)CO2)c(C)n1. The molecule has 2 heterocycles. The van der Waals surface area contributed by atoms with Gasteiger partial charge in [-0.1, -0.05) is 19.9 Å². The number of phenolic OH excluding ortho intramolecular Hbond substituents is 1. The Morgan fingerprint density at radius 1 is 1.28 bits per heavy atom. The number of hydrogen-bond acceptors (Lipinski definition) is 5. The Balaban J connectivity index is 1.91. The minimum Gasteiger partial charge on any atom is -0.508 e. The number of phenols is 1. The predicted octanol–water partition coefficient (Wildman–Crippen LogP) is 5.89. The van der Waals surface area contributed by atoms with Gasteiger partial charge in [-0.2, -0.15) is 0 Å². The molecule has 0 bridgehead atoms. The summed E-state index contributed by atoms with van der Waals surface area (Å²) in [6.07, 6.45) is 3.34. The quantitative estimate of drug-likeness (QED) is 0.597. The van der Waals surface area contributed by atoms with Crippen LogP contribution in [0.1, 0.15) is 42.8 Å². The number of nitrogens with one attached hydrogen (secondary N) is 1. The van der Waals surface area contributed by atoms with Crippen LogP contribution in [0.3, 0.4) is 0 Å². The summed E-state index contributed by atoms with van der Waals surface area (Å²) < 4.78 is 19.7. The molecule has 1 aromatic heterocycles. The molecule has 1 saturated heterocycles. The molecule has 1 aliphatic heterocycles. The summed E-state index contributed by atoms with van der Waals surface area (Å²) in [5.41, 5.74) is 4.53. The third-order valence-corrected chi connectivity index (χ3v) is 7.94. The van der Waals surface area contributed by atoms with E-state index in [1.54, 1.807) is 6.07 Å². The van der Waals surface area contributed by atoms with Crippen molar-refractivity contribution in [2.75, 3.05) is 24.6 Å².